The van der Waals surface area contributed by atoms with Crippen LogP contribution >= 0.6 is 0 Å². The fraction of sp³-hybridized carbons (Fsp3) is 0.167. The van der Waals surface area contributed by atoms with Crippen LogP contribution in [0.3, 0.4) is 0 Å². The highest BCUT2D eigenvalue weighted by molar-refractivity contribution is 5.95. The summed E-state index contributed by atoms with van der Waals surface area (Å²) in [6, 6.07) is 13.7. The zero-order chi connectivity index (χ0) is 19.0. The van der Waals surface area contributed by atoms with E-state index in [-0.39, 0.29) is 11.7 Å². The number of nitrogens with zero attached hydrogens (tertiary/aromatic N) is 3. The van der Waals surface area contributed by atoms with Gasteiger partial charge in [0.15, 0.2) is 0 Å². The standard InChI is InChI=1S/C18H13F3N4O2/c19-18(20,21)17-22-15(24-27-17)12-5-7-13(8-6-12)16(26)23-25-10-9-11-3-1-2-4-14(11)25/h1-8H,9-10H2,(H,23,26). The molecule has 138 valence electrons. The van der Waals surface area contributed by atoms with Crippen LogP contribution in [0, 0.1) is 0 Å². The number of aromatic nitrogens is 2. The molecule has 27 heavy (non-hydrogen) atoms. The van der Waals surface area contributed by atoms with E-state index in [1.807, 2.05) is 24.3 Å². The van der Waals surface area contributed by atoms with Gasteiger partial charge in [-0.15, -0.1) is 0 Å². The number of alkyl halides is 3. The van der Waals surface area contributed by atoms with E-state index in [4.69, 9.17) is 0 Å². The number of hydrazine groups is 1. The molecule has 0 saturated carbocycles. The topological polar surface area (TPSA) is 71.3 Å². The summed E-state index contributed by atoms with van der Waals surface area (Å²) < 4.78 is 41.8. The molecule has 0 fully saturated rings. The predicted molar refractivity (Wildman–Crippen MR) is 89.7 cm³/mol. The molecule has 0 unspecified atom stereocenters. The number of anilines is 1. The number of amides is 1. The average Bonchev–Trinajstić information content (AvgIpc) is 3.30. The van der Waals surface area contributed by atoms with Gasteiger partial charge in [0.05, 0.1) is 5.69 Å². The number of hydrogen-bond acceptors (Lipinski definition) is 5. The summed E-state index contributed by atoms with van der Waals surface area (Å²) in [7, 11) is 0. The van der Waals surface area contributed by atoms with Crippen molar-refractivity contribution in [3.63, 3.8) is 0 Å². The molecule has 1 N–H and O–H groups in total. The van der Waals surface area contributed by atoms with Gasteiger partial charge in [0.25, 0.3) is 5.91 Å². The smallest absolute Gasteiger partial charge is 0.329 e. The lowest BCUT2D eigenvalue weighted by molar-refractivity contribution is -0.159. The summed E-state index contributed by atoms with van der Waals surface area (Å²) in [4.78, 5) is 15.8. The highest BCUT2D eigenvalue weighted by atomic mass is 19.4. The molecule has 0 atom stereocenters. The Balaban J connectivity index is 1.48. The van der Waals surface area contributed by atoms with E-state index in [9.17, 15) is 18.0 Å². The molecule has 0 spiro atoms. The third-order valence-corrected chi connectivity index (χ3v) is 4.20. The lowest BCUT2D eigenvalue weighted by Gasteiger charge is -2.20. The van der Waals surface area contributed by atoms with Gasteiger partial charge >= 0.3 is 12.1 Å². The molecule has 0 radical (unpaired) electrons. The van der Waals surface area contributed by atoms with Crippen LogP contribution in [0.15, 0.2) is 53.1 Å². The first-order valence-electron chi connectivity index (χ1n) is 8.09. The number of carbonyl (C=O) groups excluding carboxylic acids is 1. The van der Waals surface area contributed by atoms with E-state index in [0.29, 0.717) is 17.7 Å². The van der Waals surface area contributed by atoms with Crippen molar-refractivity contribution in [3.8, 4) is 11.4 Å². The molecule has 0 saturated heterocycles. The summed E-state index contributed by atoms with van der Waals surface area (Å²) in [5, 5.41) is 5.10. The van der Waals surface area contributed by atoms with Crippen LogP contribution in [-0.2, 0) is 12.6 Å². The van der Waals surface area contributed by atoms with E-state index < -0.39 is 12.1 Å². The Morgan fingerprint density at radius 1 is 1.11 bits per heavy atom. The quantitative estimate of drug-likeness (QED) is 0.760. The summed E-state index contributed by atoms with van der Waals surface area (Å²) in [5.74, 6) is -1.92. The SMILES string of the molecule is O=C(NN1CCc2ccccc21)c1ccc(-c2noc(C(F)(F)F)n2)cc1. The molecule has 2 aromatic carbocycles. The van der Waals surface area contributed by atoms with Crippen LogP contribution in [0.4, 0.5) is 18.9 Å². The summed E-state index contributed by atoms with van der Waals surface area (Å²) in [6.07, 6.45) is -3.86. The maximum atomic E-state index is 12.5. The summed E-state index contributed by atoms with van der Waals surface area (Å²) in [5.41, 5.74) is 5.62. The van der Waals surface area contributed by atoms with Crippen molar-refractivity contribution in [2.24, 2.45) is 0 Å². The maximum Gasteiger partial charge on any atom is 0.471 e. The lowest BCUT2D eigenvalue weighted by atomic mass is 10.1. The van der Waals surface area contributed by atoms with Crippen LogP contribution in [0.2, 0.25) is 0 Å². The maximum absolute atomic E-state index is 12.5. The fourth-order valence-corrected chi connectivity index (χ4v) is 2.87. The van der Waals surface area contributed by atoms with Crippen LogP contribution < -0.4 is 10.4 Å². The molecular weight excluding hydrogens is 361 g/mol. The minimum atomic E-state index is -4.70. The molecular formula is C18H13F3N4O2. The van der Waals surface area contributed by atoms with Gasteiger partial charge < -0.3 is 4.52 Å². The zero-order valence-corrected chi connectivity index (χ0v) is 13.8. The molecule has 1 aliphatic rings. The first-order chi connectivity index (χ1) is 12.9. The number of hydrogen-bond donors (Lipinski definition) is 1. The number of para-hydroxylation sites is 1. The number of fused-ring (bicyclic) bond motifs is 1. The molecule has 0 aliphatic carbocycles. The third kappa shape index (κ3) is 3.35. The van der Waals surface area contributed by atoms with Gasteiger partial charge in [-0.2, -0.15) is 18.2 Å². The van der Waals surface area contributed by atoms with Crippen LogP contribution in [0.25, 0.3) is 11.4 Å². The molecule has 3 aromatic rings. The monoisotopic (exact) mass is 374 g/mol. The first-order valence-corrected chi connectivity index (χ1v) is 8.09. The Hall–Kier alpha value is -3.36. The molecule has 0 bridgehead atoms. The highest BCUT2D eigenvalue weighted by Crippen LogP contribution is 2.29. The molecule has 2 heterocycles. The van der Waals surface area contributed by atoms with E-state index in [2.05, 4.69) is 20.1 Å². The van der Waals surface area contributed by atoms with Crippen molar-refractivity contribution in [1.82, 2.24) is 15.6 Å². The average molecular weight is 374 g/mol. The van der Waals surface area contributed by atoms with E-state index >= 15 is 0 Å². The Bertz CT molecular complexity index is 983. The second-order valence-corrected chi connectivity index (χ2v) is 5.97. The summed E-state index contributed by atoms with van der Waals surface area (Å²) >= 11 is 0. The largest absolute Gasteiger partial charge is 0.471 e. The Morgan fingerprint density at radius 3 is 2.56 bits per heavy atom. The molecule has 6 nitrogen and oxygen atoms in total. The summed E-state index contributed by atoms with van der Waals surface area (Å²) in [6.45, 7) is 0.673. The van der Waals surface area contributed by atoms with Crippen molar-refractivity contribution in [3.05, 3.63) is 65.5 Å². The van der Waals surface area contributed by atoms with Gasteiger partial charge in [0, 0.05) is 17.7 Å². The zero-order valence-electron chi connectivity index (χ0n) is 13.8. The number of halogens is 3. The number of carbonyl (C=O) groups is 1. The Kier molecular flexibility index (Phi) is 4.06. The van der Waals surface area contributed by atoms with Crippen molar-refractivity contribution < 1.29 is 22.5 Å². The van der Waals surface area contributed by atoms with E-state index in [1.165, 1.54) is 24.3 Å². The van der Waals surface area contributed by atoms with Gasteiger partial charge in [-0.1, -0.05) is 35.5 Å². The van der Waals surface area contributed by atoms with Gasteiger partial charge in [-0.3, -0.25) is 15.2 Å². The van der Waals surface area contributed by atoms with Gasteiger partial charge in [0.2, 0.25) is 5.82 Å². The fourth-order valence-electron chi connectivity index (χ4n) is 2.87. The van der Waals surface area contributed by atoms with Crippen molar-refractivity contribution >= 4 is 11.6 Å². The van der Waals surface area contributed by atoms with Crippen molar-refractivity contribution in [2.75, 3.05) is 11.6 Å². The predicted octanol–water partition coefficient (Wildman–Crippen LogP) is 3.46. The van der Waals surface area contributed by atoms with Gasteiger partial charge in [-0.25, -0.2) is 0 Å². The van der Waals surface area contributed by atoms with E-state index in [1.54, 1.807) is 5.01 Å². The first kappa shape index (κ1) is 17.1. The van der Waals surface area contributed by atoms with Crippen molar-refractivity contribution in [1.29, 1.82) is 0 Å². The highest BCUT2D eigenvalue weighted by Gasteiger charge is 2.38. The second kappa shape index (κ2) is 6.42. The minimum Gasteiger partial charge on any atom is -0.329 e. The normalized spacial score (nSPS) is 13.5. The second-order valence-electron chi connectivity index (χ2n) is 5.97. The molecule has 1 aromatic heterocycles. The van der Waals surface area contributed by atoms with E-state index in [0.717, 1.165) is 17.7 Å². The molecule has 9 heteroatoms. The third-order valence-electron chi connectivity index (χ3n) is 4.20. The van der Waals surface area contributed by atoms with Gasteiger partial charge in [-0.05, 0) is 30.2 Å². The van der Waals surface area contributed by atoms with Gasteiger partial charge in [0.1, 0.15) is 0 Å². The lowest BCUT2D eigenvalue weighted by Crippen LogP contribution is -2.41. The number of rotatable bonds is 3. The van der Waals surface area contributed by atoms with Crippen molar-refractivity contribution in [2.45, 2.75) is 12.6 Å². The Morgan fingerprint density at radius 2 is 1.85 bits per heavy atom. The van der Waals surface area contributed by atoms with Crippen LogP contribution in [0.5, 0.6) is 0 Å². The van der Waals surface area contributed by atoms with Crippen LogP contribution in [-0.4, -0.2) is 22.6 Å². The Labute approximate surface area is 151 Å². The number of nitrogens with one attached hydrogen (secondary N) is 1. The molecule has 1 amide bonds. The number of benzene rings is 2. The molecule has 4 rings (SSSR count). The minimum absolute atomic E-state index is 0.192. The van der Waals surface area contributed by atoms with Crippen LogP contribution in [0.1, 0.15) is 21.8 Å². The molecule has 1 aliphatic heterocycles.